The number of hydrogen-bond donors (Lipinski definition) is 2. The zero-order valence-electron chi connectivity index (χ0n) is 14.5. The van der Waals surface area contributed by atoms with E-state index >= 15 is 0 Å². The van der Waals surface area contributed by atoms with E-state index in [1.165, 1.54) is 44.3 Å². The van der Waals surface area contributed by atoms with Crippen LogP contribution in [0.1, 0.15) is 44.6 Å². The topological polar surface area (TPSA) is 35.5 Å². The normalized spacial score (nSPS) is 27.0. The maximum atomic E-state index is 10.3. The Morgan fingerprint density at radius 2 is 2.00 bits per heavy atom. The molecule has 1 aliphatic heterocycles. The SMILES string of the molecule is CCCN1CC(CC(O)C2CC2)CC(NCc2ccccc2)C1. The molecule has 3 nitrogen and oxygen atoms in total. The summed E-state index contributed by atoms with van der Waals surface area (Å²) in [7, 11) is 0. The molecule has 3 rings (SSSR count). The standard InChI is InChI=1S/C20H32N2O/c1-2-10-22-14-17(12-20(23)18-8-9-18)11-19(15-22)21-13-16-6-4-3-5-7-16/h3-7,17-21,23H,2,8-15H2,1H3. The monoisotopic (exact) mass is 316 g/mol. The maximum Gasteiger partial charge on any atom is 0.0571 e. The van der Waals surface area contributed by atoms with Gasteiger partial charge < -0.3 is 15.3 Å². The van der Waals surface area contributed by atoms with Gasteiger partial charge in [0.25, 0.3) is 0 Å². The van der Waals surface area contributed by atoms with Gasteiger partial charge in [0.15, 0.2) is 0 Å². The Bertz CT molecular complexity index is 460. The van der Waals surface area contributed by atoms with Crippen molar-refractivity contribution in [2.75, 3.05) is 19.6 Å². The molecule has 0 aromatic heterocycles. The summed E-state index contributed by atoms with van der Waals surface area (Å²) in [6.07, 6.45) is 5.83. The fraction of sp³-hybridized carbons (Fsp3) is 0.700. The lowest BCUT2D eigenvalue weighted by molar-refractivity contribution is 0.0746. The Morgan fingerprint density at radius 1 is 1.22 bits per heavy atom. The van der Waals surface area contributed by atoms with Gasteiger partial charge in [-0.05, 0) is 56.0 Å². The molecule has 1 aromatic carbocycles. The summed E-state index contributed by atoms with van der Waals surface area (Å²) < 4.78 is 0. The minimum atomic E-state index is -0.0589. The van der Waals surface area contributed by atoms with E-state index in [0.29, 0.717) is 17.9 Å². The summed E-state index contributed by atoms with van der Waals surface area (Å²) in [5.41, 5.74) is 1.36. The molecule has 3 atom stereocenters. The zero-order chi connectivity index (χ0) is 16.1. The second kappa shape index (κ2) is 8.27. The van der Waals surface area contributed by atoms with Crippen LogP contribution in [0, 0.1) is 11.8 Å². The first-order valence-corrected chi connectivity index (χ1v) is 9.42. The predicted molar refractivity (Wildman–Crippen MR) is 95.3 cm³/mol. The molecule has 128 valence electrons. The Balaban J connectivity index is 1.52. The van der Waals surface area contributed by atoms with E-state index in [1.807, 2.05) is 0 Å². The minimum absolute atomic E-state index is 0.0589. The van der Waals surface area contributed by atoms with E-state index < -0.39 is 0 Å². The van der Waals surface area contributed by atoms with Gasteiger partial charge >= 0.3 is 0 Å². The average molecular weight is 316 g/mol. The second-order valence-electron chi connectivity index (χ2n) is 7.57. The molecule has 0 bridgehead atoms. The molecule has 1 heterocycles. The Hall–Kier alpha value is -0.900. The van der Waals surface area contributed by atoms with Crippen molar-refractivity contribution in [2.24, 2.45) is 11.8 Å². The molecule has 2 fully saturated rings. The molecule has 0 radical (unpaired) electrons. The Labute approximate surface area is 141 Å². The lowest BCUT2D eigenvalue weighted by atomic mass is 9.88. The van der Waals surface area contributed by atoms with Gasteiger partial charge in [-0.3, -0.25) is 0 Å². The van der Waals surface area contributed by atoms with Crippen molar-refractivity contribution in [3.05, 3.63) is 35.9 Å². The van der Waals surface area contributed by atoms with Crippen molar-refractivity contribution < 1.29 is 5.11 Å². The molecule has 2 aliphatic rings. The number of nitrogens with zero attached hydrogens (tertiary/aromatic N) is 1. The van der Waals surface area contributed by atoms with Crippen LogP contribution in [0.5, 0.6) is 0 Å². The van der Waals surface area contributed by atoms with Gasteiger partial charge in [0.1, 0.15) is 0 Å². The molecule has 3 unspecified atom stereocenters. The highest BCUT2D eigenvalue weighted by Crippen LogP contribution is 2.36. The highest BCUT2D eigenvalue weighted by Gasteiger charge is 2.34. The van der Waals surface area contributed by atoms with E-state index in [2.05, 4.69) is 47.5 Å². The highest BCUT2D eigenvalue weighted by atomic mass is 16.3. The van der Waals surface area contributed by atoms with Crippen LogP contribution in [-0.2, 0) is 6.54 Å². The van der Waals surface area contributed by atoms with Gasteiger partial charge in [-0.15, -0.1) is 0 Å². The third kappa shape index (κ3) is 5.30. The van der Waals surface area contributed by atoms with Crippen molar-refractivity contribution in [3.63, 3.8) is 0 Å². The molecule has 1 aromatic rings. The van der Waals surface area contributed by atoms with Crippen molar-refractivity contribution in [2.45, 2.75) is 57.7 Å². The quantitative estimate of drug-likeness (QED) is 0.774. The first kappa shape index (κ1) is 16.9. The number of nitrogens with one attached hydrogen (secondary N) is 1. The van der Waals surface area contributed by atoms with E-state index in [1.54, 1.807) is 0 Å². The molecule has 1 saturated heterocycles. The van der Waals surface area contributed by atoms with E-state index in [9.17, 15) is 5.11 Å². The van der Waals surface area contributed by atoms with Crippen LogP contribution in [0.25, 0.3) is 0 Å². The van der Waals surface area contributed by atoms with E-state index in [-0.39, 0.29) is 6.10 Å². The molecular weight excluding hydrogens is 284 g/mol. The second-order valence-corrected chi connectivity index (χ2v) is 7.57. The van der Waals surface area contributed by atoms with Gasteiger partial charge in [0.05, 0.1) is 6.10 Å². The molecular formula is C20H32N2O. The number of likely N-dealkylation sites (tertiary alicyclic amines) is 1. The van der Waals surface area contributed by atoms with Gasteiger partial charge in [-0.1, -0.05) is 37.3 Å². The number of aliphatic hydroxyl groups excluding tert-OH is 1. The number of benzene rings is 1. The molecule has 0 amide bonds. The molecule has 1 saturated carbocycles. The number of hydrogen-bond acceptors (Lipinski definition) is 3. The number of rotatable bonds is 8. The summed E-state index contributed by atoms with van der Waals surface area (Å²) >= 11 is 0. The Morgan fingerprint density at radius 3 is 2.70 bits per heavy atom. The van der Waals surface area contributed by atoms with Crippen LogP contribution in [0.4, 0.5) is 0 Å². The molecule has 3 heteroatoms. The van der Waals surface area contributed by atoms with Crippen LogP contribution in [-0.4, -0.2) is 41.8 Å². The van der Waals surface area contributed by atoms with Crippen LogP contribution in [0.3, 0.4) is 0 Å². The lowest BCUT2D eigenvalue weighted by Crippen LogP contribution is -2.49. The fourth-order valence-electron chi connectivity index (χ4n) is 3.99. The van der Waals surface area contributed by atoms with Crippen molar-refractivity contribution in [3.8, 4) is 0 Å². The minimum Gasteiger partial charge on any atom is -0.393 e. The summed E-state index contributed by atoms with van der Waals surface area (Å²) in [4.78, 5) is 2.59. The summed E-state index contributed by atoms with van der Waals surface area (Å²) in [5, 5.41) is 14.1. The largest absolute Gasteiger partial charge is 0.393 e. The first-order valence-electron chi connectivity index (χ1n) is 9.42. The third-order valence-corrected chi connectivity index (χ3v) is 5.33. The summed E-state index contributed by atoms with van der Waals surface area (Å²) in [6, 6.07) is 11.2. The van der Waals surface area contributed by atoms with Crippen LogP contribution in [0.2, 0.25) is 0 Å². The van der Waals surface area contributed by atoms with Gasteiger partial charge in [0.2, 0.25) is 0 Å². The molecule has 2 N–H and O–H groups in total. The predicted octanol–water partition coefficient (Wildman–Crippen LogP) is 3.04. The fourth-order valence-corrected chi connectivity index (χ4v) is 3.99. The van der Waals surface area contributed by atoms with Crippen LogP contribution < -0.4 is 5.32 Å². The third-order valence-electron chi connectivity index (χ3n) is 5.33. The highest BCUT2D eigenvalue weighted by molar-refractivity contribution is 5.14. The number of aliphatic hydroxyl groups is 1. The Kier molecular flexibility index (Phi) is 6.09. The van der Waals surface area contributed by atoms with Crippen molar-refractivity contribution in [1.29, 1.82) is 0 Å². The lowest BCUT2D eigenvalue weighted by Gasteiger charge is -2.39. The van der Waals surface area contributed by atoms with Crippen LogP contribution in [0.15, 0.2) is 30.3 Å². The van der Waals surface area contributed by atoms with Gasteiger partial charge in [-0.25, -0.2) is 0 Å². The molecule has 23 heavy (non-hydrogen) atoms. The van der Waals surface area contributed by atoms with Crippen molar-refractivity contribution >= 4 is 0 Å². The maximum absolute atomic E-state index is 10.3. The van der Waals surface area contributed by atoms with Crippen molar-refractivity contribution in [1.82, 2.24) is 10.2 Å². The summed E-state index contributed by atoms with van der Waals surface area (Å²) in [5.74, 6) is 1.24. The zero-order valence-corrected chi connectivity index (χ0v) is 14.5. The molecule has 1 aliphatic carbocycles. The summed E-state index contributed by atoms with van der Waals surface area (Å²) in [6.45, 7) is 6.70. The van der Waals surface area contributed by atoms with E-state index in [4.69, 9.17) is 0 Å². The number of piperidine rings is 1. The average Bonchev–Trinajstić information content (AvgIpc) is 3.39. The van der Waals surface area contributed by atoms with E-state index in [0.717, 1.165) is 19.5 Å². The van der Waals surface area contributed by atoms with Gasteiger partial charge in [0, 0.05) is 25.7 Å². The van der Waals surface area contributed by atoms with Gasteiger partial charge in [-0.2, -0.15) is 0 Å². The first-order chi connectivity index (χ1) is 11.2. The molecule has 0 spiro atoms. The van der Waals surface area contributed by atoms with Crippen LogP contribution >= 0.6 is 0 Å². The smallest absolute Gasteiger partial charge is 0.0571 e.